The van der Waals surface area contributed by atoms with Gasteiger partial charge in [-0.15, -0.1) is 0 Å². The fourth-order valence-corrected chi connectivity index (χ4v) is 5.53. The minimum atomic E-state index is -3.82. The molecule has 0 amide bonds. The van der Waals surface area contributed by atoms with Crippen LogP contribution in [0.15, 0.2) is 83.6 Å². The molecule has 182 valence electrons. The minimum absolute atomic E-state index is 0.257. The Balaban J connectivity index is 1.22. The van der Waals surface area contributed by atoms with E-state index in [2.05, 4.69) is 24.9 Å². The molecule has 0 atom stereocenters. The molecule has 10 nitrogen and oxygen atoms in total. The van der Waals surface area contributed by atoms with E-state index in [0.717, 1.165) is 11.1 Å². The van der Waals surface area contributed by atoms with Crippen LogP contribution in [-0.4, -0.2) is 54.2 Å². The zero-order valence-electron chi connectivity index (χ0n) is 19.1. The van der Waals surface area contributed by atoms with Gasteiger partial charge in [0.2, 0.25) is 0 Å². The van der Waals surface area contributed by atoms with E-state index in [-0.39, 0.29) is 11.2 Å². The molecule has 11 heteroatoms. The van der Waals surface area contributed by atoms with Crippen LogP contribution in [0.5, 0.6) is 11.5 Å². The van der Waals surface area contributed by atoms with E-state index in [1.54, 1.807) is 24.4 Å². The molecule has 3 heterocycles. The van der Waals surface area contributed by atoms with Gasteiger partial charge in [0.25, 0.3) is 0 Å². The molecule has 0 spiro atoms. The second-order valence-electron chi connectivity index (χ2n) is 8.33. The van der Waals surface area contributed by atoms with Crippen LogP contribution in [0.3, 0.4) is 0 Å². The van der Waals surface area contributed by atoms with E-state index in [0.29, 0.717) is 48.7 Å². The molecule has 0 unspecified atom stereocenters. The summed E-state index contributed by atoms with van der Waals surface area (Å²) in [5.74, 6) is 0.922. The predicted molar refractivity (Wildman–Crippen MR) is 136 cm³/mol. The third kappa shape index (κ3) is 4.18. The Labute approximate surface area is 207 Å². The van der Waals surface area contributed by atoms with Crippen LogP contribution in [0.2, 0.25) is 0 Å². The molecule has 1 fully saturated rings. The van der Waals surface area contributed by atoms with Crippen molar-refractivity contribution in [3.05, 3.63) is 79.0 Å². The first-order valence-electron chi connectivity index (χ1n) is 11.4. The summed E-state index contributed by atoms with van der Waals surface area (Å²) in [6.07, 6.45) is 1.69. The Morgan fingerprint density at radius 3 is 2.36 bits per heavy atom. The zero-order valence-corrected chi connectivity index (χ0v) is 19.9. The zero-order chi connectivity index (χ0) is 24.5. The molecule has 1 aliphatic heterocycles. The predicted octanol–water partition coefficient (Wildman–Crippen LogP) is 4.04. The van der Waals surface area contributed by atoms with Gasteiger partial charge in [-0.2, -0.15) is 12.7 Å². The maximum absolute atomic E-state index is 13.2. The molecular weight excluding hydrogens is 480 g/mol. The van der Waals surface area contributed by atoms with Crippen molar-refractivity contribution in [3.8, 4) is 11.5 Å². The minimum Gasteiger partial charge on any atom is -0.453 e. The van der Waals surface area contributed by atoms with Crippen molar-refractivity contribution in [3.63, 3.8) is 0 Å². The summed E-state index contributed by atoms with van der Waals surface area (Å²) in [7, 11) is -3.82. The lowest BCUT2D eigenvalue weighted by molar-refractivity contribution is 0.314. The maximum Gasteiger partial charge on any atom is 0.301 e. The highest BCUT2D eigenvalue weighted by atomic mass is 32.2. The number of para-hydroxylation sites is 2. The number of nitrogens with zero attached hydrogens (tertiary/aromatic N) is 5. The molecule has 1 saturated heterocycles. The molecule has 36 heavy (non-hydrogen) atoms. The molecule has 0 bridgehead atoms. The molecule has 3 aromatic carbocycles. The number of benzene rings is 3. The molecule has 0 saturated carbocycles. The van der Waals surface area contributed by atoms with Gasteiger partial charge >= 0.3 is 10.2 Å². The Morgan fingerprint density at radius 2 is 1.53 bits per heavy atom. The normalized spacial score (nSPS) is 14.8. The van der Waals surface area contributed by atoms with Gasteiger partial charge in [0, 0.05) is 43.4 Å². The number of nitrogens with one attached hydrogen (secondary N) is 1. The largest absolute Gasteiger partial charge is 0.453 e. The maximum atomic E-state index is 13.2. The second kappa shape index (κ2) is 9.10. The number of ether oxygens (including phenoxy) is 1. The number of fused-ring (bicyclic) bond motifs is 2. The summed E-state index contributed by atoms with van der Waals surface area (Å²) in [6.45, 7) is 1.91. The van der Waals surface area contributed by atoms with Crippen molar-refractivity contribution in [2.75, 3.05) is 35.8 Å². The highest BCUT2D eigenvalue weighted by molar-refractivity contribution is 7.90. The van der Waals surface area contributed by atoms with E-state index in [4.69, 9.17) is 9.37 Å². The van der Waals surface area contributed by atoms with Crippen molar-refractivity contribution in [1.82, 2.24) is 19.6 Å². The Hall–Kier alpha value is -4.22. The fraction of sp³-hybridized carbons (Fsp3) is 0.160. The summed E-state index contributed by atoms with van der Waals surface area (Å²) in [4.78, 5) is 6.57. The quantitative estimate of drug-likeness (QED) is 0.370. The van der Waals surface area contributed by atoms with E-state index in [9.17, 15) is 8.42 Å². The van der Waals surface area contributed by atoms with Gasteiger partial charge in [-0.3, -0.25) is 9.71 Å². The second-order valence-corrected chi connectivity index (χ2v) is 10.0. The molecule has 0 aliphatic carbocycles. The number of hydrogen-bond donors (Lipinski definition) is 1. The van der Waals surface area contributed by atoms with Crippen molar-refractivity contribution in [1.29, 1.82) is 0 Å². The van der Waals surface area contributed by atoms with Gasteiger partial charge in [0.1, 0.15) is 5.52 Å². The number of piperazine rings is 1. The summed E-state index contributed by atoms with van der Waals surface area (Å²) in [6, 6.07) is 22.6. The van der Waals surface area contributed by atoms with E-state index >= 15 is 0 Å². The van der Waals surface area contributed by atoms with Gasteiger partial charge < -0.3 is 9.64 Å². The summed E-state index contributed by atoms with van der Waals surface area (Å²) >= 11 is 0. The first-order chi connectivity index (χ1) is 17.6. The summed E-state index contributed by atoms with van der Waals surface area (Å²) < 4.78 is 41.4. The van der Waals surface area contributed by atoms with Crippen molar-refractivity contribution < 1.29 is 17.8 Å². The topological polar surface area (TPSA) is 114 Å². The van der Waals surface area contributed by atoms with Crippen LogP contribution in [-0.2, 0) is 10.2 Å². The van der Waals surface area contributed by atoms with Crippen LogP contribution in [0, 0.1) is 0 Å². The molecule has 5 aromatic rings. The summed E-state index contributed by atoms with van der Waals surface area (Å²) in [5.41, 5.74) is 2.60. The smallest absolute Gasteiger partial charge is 0.301 e. The third-order valence-electron chi connectivity index (χ3n) is 6.13. The number of hydrogen-bond acceptors (Lipinski definition) is 8. The van der Waals surface area contributed by atoms with Crippen LogP contribution in [0.25, 0.3) is 21.9 Å². The molecule has 6 rings (SSSR count). The van der Waals surface area contributed by atoms with Gasteiger partial charge in [-0.05, 0) is 46.7 Å². The number of pyridine rings is 1. The van der Waals surface area contributed by atoms with E-state index in [1.165, 1.54) is 4.31 Å². The van der Waals surface area contributed by atoms with Gasteiger partial charge in [0.15, 0.2) is 22.5 Å². The van der Waals surface area contributed by atoms with E-state index in [1.807, 2.05) is 54.6 Å². The van der Waals surface area contributed by atoms with Crippen LogP contribution in [0.4, 0.5) is 11.4 Å². The molecule has 1 aliphatic rings. The Bertz CT molecular complexity index is 1630. The van der Waals surface area contributed by atoms with Gasteiger partial charge in [-0.25, -0.2) is 4.63 Å². The number of rotatable bonds is 6. The lowest BCUT2D eigenvalue weighted by atomic mass is 10.2. The highest BCUT2D eigenvalue weighted by Gasteiger charge is 2.28. The number of aromatic nitrogens is 3. The van der Waals surface area contributed by atoms with Crippen molar-refractivity contribution >= 4 is 43.5 Å². The lowest BCUT2D eigenvalue weighted by Gasteiger charge is -2.35. The first-order valence-corrected chi connectivity index (χ1v) is 12.9. The van der Waals surface area contributed by atoms with Crippen LogP contribution < -0.4 is 14.4 Å². The number of anilines is 2. The van der Waals surface area contributed by atoms with Crippen molar-refractivity contribution in [2.45, 2.75) is 0 Å². The first kappa shape index (κ1) is 22.3. The standard InChI is InChI=1S/C25H22N6O4S/c32-36(33,31-16-14-30(15-17-31)19-8-2-1-3-9-19)29-20-11-12-22(25-24(20)27-35-28-25)34-21-10-4-6-18-7-5-13-26-23(18)21/h1-13,29H,14-17H2. The Morgan fingerprint density at radius 1 is 0.778 bits per heavy atom. The van der Waals surface area contributed by atoms with Gasteiger partial charge in [-0.1, -0.05) is 36.4 Å². The molecule has 0 radical (unpaired) electrons. The van der Waals surface area contributed by atoms with Gasteiger partial charge in [0.05, 0.1) is 5.69 Å². The third-order valence-corrected chi connectivity index (χ3v) is 7.66. The average molecular weight is 503 g/mol. The average Bonchev–Trinajstić information content (AvgIpc) is 3.42. The lowest BCUT2D eigenvalue weighted by Crippen LogP contribution is -2.50. The molecular formula is C25H22N6O4S. The SMILES string of the molecule is O=S(=O)(Nc1ccc(Oc2cccc3cccnc23)c2nonc12)N1CCN(c2ccccc2)CC1. The molecule has 2 aromatic heterocycles. The summed E-state index contributed by atoms with van der Waals surface area (Å²) in [5, 5.41) is 8.82. The van der Waals surface area contributed by atoms with E-state index < -0.39 is 10.2 Å². The van der Waals surface area contributed by atoms with Crippen LogP contribution in [0.1, 0.15) is 0 Å². The molecule has 1 N–H and O–H groups in total. The fourth-order valence-electron chi connectivity index (χ4n) is 4.31. The Kier molecular flexibility index (Phi) is 5.62. The van der Waals surface area contributed by atoms with Crippen LogP contribution >= 0.6 is 0 Å². The monoisotopic (exact) mass is 502 g/mol. The van der Waals surface area contributed by atoms with Crippen molar-refractivity contribution in [2.24, 2.45) is 0 Å². The highest BCUT2D eigenvalue weighted by Crippen LogP contribution is 2.35.